The Morgan fingerprint density at radius 3 is 2.31 bits per heavy atom. The van der Waals surface area contributed by atoms with Gasteiger partial charge in [0.25, 0.3) is 0 Å². The zero-order valence-electron chi connectivity index (χ0n) is 8.88. The second-order valence-electron chi connectivity index (χ2n) is 4.18. The molecule has 0 fully saturated rings. The van der Waals surface area contributed by atoms with Crippen LogP contribution in [-0.4, -0.2) is 13.2 Å². The van der Waals surface area contributed by atoms with Gasteiger partial charge in [0.2, 0.25) is 0 Å². The third-order valence-corrected chi connectivity index (χ3v) is 4.02. The molecule has 86 valence electrons. The van der Waals surface area contributed by atoms with E-state index in [-0.39, 0.29) is 0 Å². The van der Waals surface area contributed by atoms with Gasteiger partial charge in [-0.25, -0.2) is 0 Å². The molecule has 2 nitrogen and oxygen atoms in total. The second-order valence-corrected chi connectivity index (χ2v) is 5.01. The number of rotatable bonds is 0. The minimum Gasteiger partial charge on any atom is -0.492 e. The lowest BCUT2D eigenvalue weighted by Gasteiger charge is -2.27. The van der Waals surface area contributed by atoms with E-state index in [1.807, 2.05) is 0 Å². The van der Waals surface area contributed by atoms with Crippen LogP contribution in [0.3, 0.4) is 0 Å². The summed E-state index contributed by atoms with van der Waals surface area (Å²) in [4.78, 5) is 0.925. The topological polar surface area (TPSA) is 18.5 Å². The summed E-state index contributed by atoms with van der Waals surface area (Å²) in [6, 6.07) is 0. The third kappa shape index (κ3) is 1.49. The number of hydrogen-bond donors (Lipinski definition) is 1. The molecular weight excluding hydrogens is 244 g/mol. The van der Waals surface area contributed by atoms with Gasteiger partial charge in [0.05, 0.1) is 23.1 Å². The van der Waals surface area contributed by atoms with Crippen molar-refractivity contribution in [2.45, 2.75) is 30.6 Å². The molecule has 0 amide bonds. The first-order valence-electron chi connectivity index (χ1n) is 5.61. The molecule has 0 radical (unpaired) electrons. The molecule has 0 unspecified atom stereocenters. The molecule has 0 atom stereocenters. The van der Waals surface area contributed by atoms with Crippen LogP contribution >= 0.6 is 24.2 Å². The van der Waals surface area contributed by atoms with Gasteiger partial charge in [-0.05, 0) is 25.7 Å². The van der Waals surface area contributed by atoms with Gasteiger partial charge in [-0.1, -0.05) is 11.6 Å². The van der Waals surface area contributed by atoms with Crippen LogP contribution in [-0.2, 0) is 12.8 Å². The lowest BCUT2D eigenvalue weighted by Crippen LogP contribution is -2.15. The third-order valence-electron chi connectivity index (χ3n) is 3.15. The Kier molecular flexibility index (Phi) is 2.68. The lowest BCUT2D eigenvalue weighted by atomic mass is 9.99. The van der Waals surface area contributed by atoms with Crippen LogP contribution in [0.25, 0.3) is 0 Å². The maximum absolute atomic E-state index is 6.38. The smallest absolute Gasteiger partial charge is 0.142 e. The molecular formula is C12H13ClO2S. The van der Waals surface area contributed by atoms with E-state index in [1.165, 1.54) is 0 Å². The minimum absolute atomic E-state index is 0.738. The van der Waals surface area contributed by atoms with Crippen molar-refractivity contribution in [1.29, 1.82) is 0 Å². The van der Waals surface area contributed by atoms with Gasteiger partial charge in [0, 0.05) is 11.1 Å². The van der Waals surface area contributed by atoms with Crippen LogP contribution in [0.15, 0.2) is 4.90 Å². The zero-order valence-corrected chi connectivity index (χ0v) is 10.5. The molecule has 0 aromatic heterocycles. The number of hydrogen-bond acceptors (Lipinski definition) is 3. The standard InChI is InChI=1S/C12H13ClO2S/c13-9-7-3-1-6-15-11(7)12(16)8-4-2-5-14-10(8)9/h16H,1-6H2. The summed E-state index contributed by atoms with van der Waals surface area (Å²) >= 11 is 10.9. The highest BCUT2D eigenvalue weighted by atomic mass is 35.5. The Morgan fingerprint density at radius 2 is 1.56 bits per heavy atom. The van der Waals surface area contributed by atoms with Gasteiger partial charge in [0.15, 0.2) is 0 Å². The first-order chi connectivity index (χ1) is 7.79. The highest BCUT2D eigenvalue weighted by molar-refractivity contribution is 7.80. The molecule has 0 spiro atoms. The molecule has 0 bridgehead atoms. The van der Waals surface area contributed by atoms with Crippen molar-refractivity contribution in [1.82, 2.24) is 0 Å². The van der Waals surface area contributed by atoms with E-state index in [1.54, 1.807) is 0 Å². The highest BCUT2D eigenvalue weighted by Crippen LogP contribution is 2.47. The fourth-order valence-electron chi connectivity index (χ4n) is 2.36. The molecule has 16 heavy (non-hydrogen) atoms. The number of fused-ring (bicyclic) bond motifs is 2. The molecule has 3 rings (SSSR count). The molecule has 1 aromatic carbocycles. The van der Waals surface area contributed by atoms with Crippen molar-refractivity contribution in [2.75, 3.05) is 13.2 Å². The average Bonchev–Trinajstić information content (AvgIpc) is 2.36. The van der Waals surface area contributed by atoms with Crippen LogP contribution in [0.1, 0.15) is 24.0 Å². The van der Waals surface area contributed by atoms with Crippen molar-refractivity contribution in [3.8, 4) is 11.5 Å². The lowest BCUT2D eigenvalue weighted by molar-refractivity contribution is 0.265. The summed E-state index contributed by atoms with van der Waals surface area (Å²) in [6.45, 7) is 1.51. The normalized spacial score (nSPS) is 18.1. The SMILES string of the molecule is Sc1c2c(c(Cl)c3c1OCCC3)OCCC2. The molecule has 1 aromatic rings. The maximum atomic E-state index is 6.38. The van der Waals surface area contributed by atoms with Gasteiger partial charge < -0.3 is 9.47 Å². The Bertz CT molecular complexity index is 367. The zero-order chi connectivity index (χ0) is 11.1. The molecule has 0 N–H and O–H groups in total. The van der Waals surface area contributed by atoms with Crippen molar-refractivity contribution in [3.05, 3.63) is 16.1 Å². The molecule has 2 heterocycles. The fraction of sp³-hybridized carbons (Fsp3) is 0.500. The summed E-state index contributed by atoms with van der Waals surface area (Å²) in [5, 5.41) is 0.738. The minimum atomic E-state index is 0.738. The van der Waals surface area contributed by atoms with Gasteiger partial charge in [-0.15, -0.1) is 12.6 Å². The van der Waals surface area contributed by atoms with E-state index in [9.17, 15) is 0 Å². The Balaban J connectivity index is 2.24. The molecule has 0 saturated heterocycles. The van der Waals surface area contributed by atoms with Gasteiger partial charge in [-0.2, -0.15) is 0 Å². The molecule has 4 heteroatoms. The van der Waals surface area contributed by atoms with E-state index in [4.69, 9.17) is 21.1 Å². The monoisotopic (exact) mass is 256 g/mol. The van der Waals surface area contributed by atoms with Gasteiger partial charge in [0.1, 0.15) is 11.5 Å². The van der Waals surface area contributed by atoms with E-state index in [0.717, 1.165) is 71.4 Å². The first-order valence-corrected chi connectivity index (χ1v) is 6.43. The van der Waals surface area contributed by atoms with Crippen molar-refractivity contribution < 1.29 is 9.47 Å². The van der Waals surface area contributed by atoms with E-state index in [2.05, 4.69) is 12.6 Å². The highest BCUT2D eigenvalue weighted by Gasteiger charge is 2.26. The predicted molar refractivity (Wildman–Crippen MR) is 66.3 cm³/mol. The summed E-state index contributed by atoms with van der Waals surface area (Å²) in [7, 11) is 0. The van der Waals surface area contributed by atoms with Crippen molar-refractivity contribution in [2.24, 2.45) is 0 Å². The number of ether oxygens (including phenoxy) is 2. The van der Waals surface area contributed by atoms with Crippen LogP contribution in [0.5, 0.6) is 11.5 Å². The van der Waals surface area contributed by atoms with E-state index >= 15 is 0 Å². The maximum Gasteiger partial charge on any atom is 0.142 e. The van der Waals surface area contributed by atoms with Crippen molar-refractivity contribution >= 4 is 24.2 Å². The van der Waals surface area contributed by atoms with Crippen LogP contribution in [0.2, 0.25) is 5.02 Å². The van der Waals surface area contributed by atoms with Gasteiger partial charge >= 0.3 is 0 Å². The van der Waals surface area contributed by atoms with E-state index < -0.39 is 0 Å². The molecule has 2 aliphatic rings. The van der Waals surface area contributed by atoms with Crippen molar-refractivity contribution in [3.63, 3.8) is 0 Å². The number of thiol groups is 1. The first kappa shape index (κ1) is 10.6. The Hall–Kier alpha value is -0.540. The van der Waals surface area contributed by atoms with E-state index in [0.29, 0.717) is 0 Å². The largest absolute Gasteiger partial charge is 0.492 e. The Labute approximate surface area is 105 Å². The second kappa shape index (κ2) is 4.04. The number of halogens is 1. The summed E-state index contributed by atoms with van der Waals surface area (Å²) in [6.07, 6.45) is 3.97. The average molecular weight is 257 g/mol. The molecule has 0 saturated carbocycles. The van der Waals surface area contributed by atoms with Gasteiger partial charge in [-0.3, -0.25) is 0 Å². The van der Waals surface area contributed by atoms with Crippen LogP contribution in [0, 0.1) is 0 Å². The predicted octanol–water partition coefficient (Wildman–Crippen LogP) is 3.28. The van der Waals surface area contributed by atoms with Crippen LogP contribution < -0.4 is 9.47 Å². The molecule has 2 aliphatic heterocycles. The Morgan fingerprint density at radius 1 is 0.938 bits per heavy atom. The summed E-state index contributed by atoms with van der Waals surface area (Å²) < 4.78 is 11.3. The summed E-state index contributed by atoms with van der Waals surface area (Å²) in [5.41, 5.74) is 2.18. The number of benzene rings is 1. The summed E-state index contributed by atoms with van der Waals surface area (Å²) in [5.74, 6) is 1.71. The fourth-order valence-corrected chi connectivity index (χ4v) is 3.13. The van der Waals surface area contributed by atoms with Crippen LogP contribution in [0.4, 0.5) is 0 Å². The molecule has 0 aliphatic carbocycles. The quantitative estimate of drug-likeness (QED) is 0.718.